The second-order valence-corrected chi connectivity index (χ2v) is 32.7. The zero-order chi connectivity index (χ0) is 36.3. The summed E-state index contributed by atoms with van der Waals surface area (Å²) in [5.74, 6) is 4.45. The summed E-state index contributed by atoms with van der Waals surface area (Å²) in [6.45, 7) is 32.0. The first-order chi connectivity index (χ1) is 22.7. The summed E-state index contributed by atoms with van der Waals surface area (Å²) in [4.78, 5) is 4.94. The summed E-state index contributed by atoms with van der Waals surface area (Å²) in [6.07, 6.45) is 14.6. The van der Waals surface area contributed by atoms with Crippen LogP contribution in [0.15, 0.2) is 47.2 Å². The summed E-state index contributed by atoms with van der Waals surface area (Å²) in [7, 11) is -5.15. The third kappa shape index (κ3) is 11.1. The molecule has 0 radical (unpaired) electrons. The maximum atomic E-state index is 7.05. The number of aliphatic imine (C=N–C) groups is 1. The van der Waals surface area contributed by atoms with Crippen LogP contribution in [0.4, 0.5) is 0 Å². The summed E-state index contributed by atoms with van der Waals surface area (Å²) < 4.78 is 26.2. The van der Waals surface area contributed by atoms with Crippen LogP contribution in [0.2, 0.25) is 58.9 Å². The Hall–Kier alpha value is -1.36. The third-order valence-electron chi connectivity index (χ3n) is 12.0. The maximum absolute atomic E-state index is 7.05. The fourth-order valence-corrected chi connectivity index (χ4v) is 12.7. The number of benzene rings is 1. The molecule has 3 aliphatic rings. The third-order valence-corrected chi connectivity index (χ3v) is 14.7. The van der Waals surface area contributed by atoms with Crippen molar-refractivity contribution in [2.24, 2.45) is 45.4 Å². The lowest BCUT2D eigenvalue weighted by molar-refractivity contribution is -0.0659. The van der Waals surface area contributed by atoms with E-state index < -0.39 is 25.0 Å². The average molecular weight is 728 g/mol. The van der Waals surface area contributed by atoms with E-state index in [2.05, 4.69) is 117 Å². The molecule has 0 heterocycles. The molecule has 0 spiro atoms. The molecular formula is C41H73NO4Si3. The highest BCUT2D eigenvalue weighted by molar-refractivity contribution is 6.71. The predicted molar refractivity (Wildman–Crippen MR) is 215 cm³/mol. The van der Waals surface area contributed by atoms with Gasteiger partial charge >= 0.3 is 6.08 Å². The van der Waals surface area contributed by atoms with Crippen molar-refractivity contribution in [1.29, 1.82) is 0 Å². The number of allylic oxidation sites excluding steroid dienone is 2. The van der Waals surface area contributed by atoms with E-state index in [9.17, 15) is 0 Å². The number of fused-ring (bicyclic) bond motifs is 1. The standard InChI is InChI=1S/C41H73NO4Si3/c1-14-37(45-48(8,9)10)38-35(40(3)26-22-33(23-27-40)44-47(5,6)7)24-28-41(4)34(20-21-36(38)41)31(2)25-29-42-39(46-49(11,12)13)43-30-32-18-16-15-17-19-32/h14-19,31,33-36,38H,20-30H2,1-13H3/b37-14+,42-39-/t31-,33?,34-,35+,36+,38-,40?,41-/m1/s1. The van der Waals surface area contributed by atoms with Gasteiger partial charge in [0.2, 0.25) is 16.6 Å². The number of ether oxygens (including phenoxy) is 1. The molecule has 5 nitrogen and oxygen atoms in total. The van der Waals surface area contributed by atoms with Gasteiger partial charge in [0.1, 0.15) is 6.61 Å². The largest absolute Gasteiger partial charge is 0.547 e. The van der Waals surface area contributed by atoms with Crippen LogP contribution in [0.3, 0.4) is 0 Å². The van der Waals surface area contributed by atoms with Crippen molar-refractivity contribution < 1.29 is 18.0 Å². The Kier molecular flexibility index (Phi) is 13.3. The molecule has 3 aliphatic carbocycles. The van der Waals surface area contributed by atoms with E-state index in [1.54, 1.807) is 0 Å². The van der Waals surface area contributed by atoms with Gasteiger partial charge in [0.15, 0.2) is 8.32 Å². The number of nitrogens with zero attached hydrogens (tertiary/aromatic N) is 1. The first-order valence-corrected chi connectivity index (χ1v) is 29.9. The quantitative estimate of drug-likeness (QED) is 0.0878. The molecule has 8 heteroatoms. The lowest BCUT2D eigenvalue weighted by Crippen LogP contribution is -2.50. The van der Waals surface area contributed by atoms with Crippen molar-refractivity contribution >= 4 is 31.0 Å². The fraction of sp³-hybridized carbons (Fsp3) is 0.780. The Labute approximate surface area is 304 Å². The summed E-state index contributed by atoms with van der Waals surface area (Å²) in [5.41, 5.74) is 1.79. The molecule has 4 rings (SSSR count). The van der Waals surface area contributed by atoms with Crippen LogP contribution < -0.4 is 0 Å². The van der Waals surface area contributed by atoms with Crippen LogP contribution in [-0.4, -0.2) is 43.7 Å². The van der Waals surface area contributed by atoms with Gasteiger partial charge < -0.3 is 18.0 Å². The molecule has 49 heavy (non-hydrogen) atoms. The Morgan fingerprint density at radius 1 is 0.816 bits per heavy atom. The monoisotopic (exact) mass is 727 g/mol. The van der Waals surface area contributed by atoms with Gasteiger partial charge in [-0.05, 0) is 164 Å². The van der Waals surface area contributed by atoms with Crippen molar-refractivity contribution in [2.45, 2.75) is 157 Å². The SMILES string of the molecule is C/C=C(/O[Si](C)(C)C)[C@@H]1[C@@H](C2(C)CCC(O[Si](C)(C)C)CC2)CC[C@]2(C)[C@@H]([C@H](C)CC/N=C(/OCc3ccccc3)O[Si](C)(C)C)CC[C@@H]12. The Bertz CT molecular complexity index is 1260. The van der Waals surface area contributed by atoms with Crippen LogP contribution in [0, 0.1) is 40.4 Å². The summed E-state index contributed by atoms with van der Waals surface area (Å²) >= 11 is 0. The molecule has 0 unspecified atom stereocenters. The number of rotatable bonds is 13. The van der Waals surface area contributed by atoms with E-state index >= 15 is 0 Å². The van der Waals surface area contributed by atoms with Gasteiger partial charge in [0, 0.05) is 18.6 Å². The minimum Gasteiger partial charge on any atom is -0.547 e. The van der Waals surface area contributed by atoms with Gasteiger partial charge in [-0.2, -0.15) is 0 Å². The zero-order valence-electron chi connectivity index (χ0n) is 33.8. The van der Waals surface area contributed by atoms with E-state index in [0.717, 1.165) is 18.5 Å². The lowest BCUT2D eigenvalue weighted by atomic mass is 9.50. The molecule has 6 atom stereocenters. The van der Waals surface area contributed by atoms with Crippen LogP contribution in [0.5, 0.6) is 0 Å². The van der Waals surface area contributed by atoms with Gasteiger partial charge in [-0.1, -0.05) is 57.2 Å². The smallest absolute Gasteiger partial charge is 0.369 e. The van der Waals surface area contributed by atoms with Gasteiger partial charge in [-0.25, -0.2) is 4.99 Å². The van der Waals surface area contributed by atoms with Gasteiger partial charge in [-0.3, -0.25) is 0 Å². The van der Waals surface area contributed by atoms with Crippen molar-refractivity contribution in [3.63, 3.8) is 0 Å². The van der Waals surface area contributed by atoms with Gasteiger partial charge in [-0.15, -0.1) is 0 Å². The van der Waals surface area contributed by atoms with E-state index in [1.165, 1.54) is 57.1 Å². The van der Waals surface area contributed by atoms with Crippen molar-refractivity contribution in [1.82, 2.24) is 0 Å². The van der Waals surface area contributed by atoms with E-state index in [1.807, 2.05) is 6.07 Å². The lowest BCUT2D eigenvalue weighted by Gasteiger charge is -2.56. The minimum atomic E-state index is -1.85. The summed E-state index contributed by atoms with van der Waals surface area (Å²) in [5, 5.41) is 0. The normalized spacial score (nSPS) is 32.4. The van der Waals surface area contributed by atoms with Gasteiger partial charge in [0.05, 0.1) is 5.76 Å². The Balaban J connectivity index is 1.51. The molecule has 0 aromatic heterocycles. The topological polar surface area (TPSA) is 49.3 Å². The Morgan fingerprint density at radius 3 is 2.02 bits per heavy atom. The predicted octanol–water partition coefficient (Wildman–Crippen LogP) is 12.1. The second-order valence-electron chi connectivity index (χ2n) is 19.4. The molecule has 3 saturated carbocycles. The maximum Gasteiger partial charge on any atom is 0.369 e. The van der Waals surface area contributed by atoms with Crippen LogP contribution >= 0.6 is 0 Å². The van der Waals surface area contributed by atoms with E-state index in [4.69, 9.17) is 23.0 Å². The van der Waals surface area contributed by atoms with Crippen LogP contribution in [0.25, 0.3) is 0 Å². The number of hydrogen-bond acceptors (Lipinski definition) is 5. The number of hydrogen-bond donors (Lipinski definition) is 0. The molecule has 0 aliphatic heterocycles. The summed E-state index contributed by atoms with van der Waals surface area (Å²) in [6, 6.07) is 10.3. The second kappa shape index (κ2) is 16.1. The Morgan fingerprint density at radius 2 is 1.45 bits per heavy atom. The molecule has 1 aromatic carbocycles. The molecule has 0 saturated heterocycles. The molecular weight excluding hydrogens is 655 g/mol. The van der Waals surface area contributed by atoms with Crippen LogP contribution in [-0.2, 0) is 24.6 Å². The van der Waals surface area contributed by atoms with E-state index in [-0.39, 0.29) is 0 Å². The highest BCUT2D eigenvalue weighted by atomic mass is 28.4. The first-order valence-electron chi connectivity index (χ1n) is 19.7. The minimum absolute atomic E-state index is 0.317. The van der Waals surface area contributed by atoms with Gasteiger partial charge in [0.25, 0.3) is 0 Å². The highest BCUT2D eigenvalue weighted by Gasteiger charge is 2.59. The molecule has 1 aromatic rings. The molecule has 0 amide bonds. The molecule has 0 bridgehead atoms. The zero-order valence-corrected chi connectivity index (χ0v) is 36.8. The van der Waals surface area contributed by atoms with Crippen molar-refractivity contribution in [2.75, 3.05) is 6.54 Å². The fourth-order valence-electron chi connectivity index (χ4n) is 9.86. The first kappa shape index (κ1) is 40.4. The van der Waals surface area contributed by atoms with E-state index in [0.29, 0.717) is 59.2 Å². The molecule has 278 valence electrons. The highest BCUT2D eigenvalue weighted by Crippen LogP contribution is 2.66. The van der Waals surface area contributed by atoms with Crippen molar-refractivity contribution in [3.05, 3.63) is 47.7 Å². The average Bonchev–Trinajstić information content (AvgIpc) is 3.35. The van der Waals surface area contributed by atoms with Crippen molar-refractivity contribution in [3.8, 4) is 0 Å². The van der Waals surface area contributed by atoms with Crippen LogP contribution in [0.1, 0.15) is 91.0 Å². The molecule has 0 N–H and O–H groups in total. The molecule has 3 fully saturated rings.